The summed E-state index contributed by atoms with van der Waals surface area (Å²) in [5.74, 6) is -1.27. The average molecular weight is 436 g/mol. The summed E-state index contributed by atoms with van der Waals surface area (Å²) in [6.07, 6.45) is 9.55. The van der Waals surface area contributed by atoms with Gasteiger partial charge in [-0.05, 0) is 56.6 Å². The van der Waals surface area contributed by atoms with Gasteiger partial charge in [-0.15, -0.1) is 0 Å². The van der Waals surface area contributed by atoms with Crippen molar-refractivity contribution in [2.45, 2.75) is 32.2 Å². The SMILES string of the molecule is CC1CCCCN1CC(=O)Nc1ccc(F)c(NC(=O)c2cnn(-c3ccncc3)c2)c1. The predicted molar refractivity (Wildman–Crippen MR) is 119 cm³/mol. The molecule has 0 saturated carbocycles. The second-order valence-electron chi connectivity index (χ2n) is 7.89. The van der Waals surface area contributed by atoms with E-state index in [2.05, 4.69) is 32.5 Å². The fraction of sp³-hybridized carbons (Fsp3) is 0.304. The number of carbonyl (C=O) groups excluding carboxylic acids is 2. The van der Waals surface area contributed by atoms with Gasteiger partial charge >= 0.3 is 0 Å². The van der Waals surface area contributed by atoms with E-state index in [0.29, 0.717) is 11.7 Å². The Morgan fingerprint density at radius 2 is 1.97 bits per heavy atom. The maximum Gasteiger partial charge on any atom is 0.258 e. The normalized spacial score (nSPS) is 16.5. The topological polar surface area (TPSA) is 92.2 Å². The van der Waals surface area contributed by atoms with Crippen molar-refractivity contribution >= 4 is 23.2 Å². The van der Waals surface area contributed by atoms with Gasteiger partial charge in [0.2, 0.25) is 5.91 Å². The lowest BCUT2D eigenvalue weighted by Crippen LogP contribution is -2.42. The third kappa shape index (κ3) is 5.17. The molecule has 4 rings (SSSR count). The Labute approximate surface area is 185 Å². The predicted octanol–water partition coefficient (Wildman–Crippen LogP) is 3.47. The number of nitrogens with one attached hydrogen (secondary N) is 2. The van der Waals surface area contributed by atoms with Crippen LogP contribution in [0.3, 0.4) is 0 Å². The number of halogens is 1. The van der Waals surface area contributed by atoms with Gasteiger partial charge in [0, 0.05) is 30.3 Å². The Balaban J connectivity index is 1.41. The molecule has 0 aliphatic carbocycles. The zero-order chi connectivity index (χ0) is 22.5. The first-order valence-corrected chi connectivity index (χ1v) is 10.6. The minimum absolute atomic E-state index is 0.0178. The number of benzene rings is 1. The number of hydrogen-bond acceptors (Lipinski definition) is 5. The Bertz CT molecular complexity index is 1100. The van der Waals surface area contributed by atoms with E-state index in [-0.39, 0.29) is 23.7 Å². The number of nitrogens with zero attached hydrogens (tertiary/aromatic N) is 4. The average Bonchev–Trinajstić information content (AvgIpc) is 3.29. The van der Waals surface area contributed by atoms with E-state index < -0.39 is 11.7 Å². The van der Waals surface area contributed by atoms with Crippen molar-refractivity contribution in [1.29, 1.82) is 0 Å². The molecule has 166 valence electrons. The molecule has 8 nitrogen and oxygen atoms in total. The first kappa shape index (κ1) is 21.6. The molecule has 1 saturated heterocycles. The summed E-state index contributed by atoms with van der Waals surface area (Å²) in [4.78, 5) is 31.2. The second-order valence-corrected chi connectivity index (χ2v) is 7.89. The van der Waals surface area contributed by atoms with Crippen molar-refractivity contribution in [3.63, 3.8) is 0 Å². The summed E-state index contributed by atoms with van der Waals surface area (Å²) in [6, 6.07) is 7.98. The summed E-state index contributed by atoms with van der Waals surface area (Å²) in [6.45, 7) is 3.30. The lowest BCUT2D eigenvalue weighted by atomic mass is 10.0. The minimum Gasteiger partial charge on any atom is -0.325 e. The van der Waals surface area contributed by atoms with Crippen molar-refractivity contribution in [2.75, 3.05) is 23.7 Å². The molecular formula is C23H25FN6O2. The molecule has 1 aromatic carbocycles. The molecule has 0 radical (unpaired) electrons. The maximum atomic E-state index is 14.3. The van der Waals surface area contributed by atoms with Crippen LogP contribution in [0.25, 0.3) is 5.69 Å². The van der Waals surface area contributed by atoms with Crippen molar-refractivity contribution < 1.29 is 14.0 Å². The van der Waals surface area contributed by atoms with Crippen molar-refractivity contribution in [3.8, 4) is 5.69 Å². The summed E-state index contributed by atoms with van der Waals surface area (Å²) < 4.78 is 15.8. The van der Waals surface area contributed by atoms with Crippen molar-refractivity contribution in [3.05, 3.63) is 66.5 Å². The summed E-state index contributed by atoms with van der Waals surface area (Å²) >= 11 is 0. The van der Waals surface area contributed by atoms with Gasteiger partial charge in [0.25, 0.3) is 5.91 Å². The fourth-order valence-corrected chi connectivity index (χ4v) is 3.75. The molecule has 1 aliphatic rings. The summed E-state index contributed by atoms with van der Waals surface area (Å²) in [5, 5.41) is 9.51. The summed E-state index contributed by atoms with van der Waals surface area (Å²) in [5.41, 5.74) is 1.42. The van der Waals surface area contributed by atoms with Gasteiger partial charge in [0.1, 0.15) is 5.82 Å². The number of carbonyl (C=O) groups is 2. The Morgan fingerprint density at radius 3 is 2.75 bits per heavy atom. The van der Waals surface area contributed by atoms with Crippen LogP contribution < -0.4 is 10.6 Å². The number of aromatic nitrogens is 3. The van der Waals surface area contributed by atoms with Gasteiger partial charge in [-0.25, -0.2) is 9.07 Å². The number of hydrogen-bond donors (Lipinski definition) is 2. The number of amides is 2. The number of piperidine rings is 1. The van der Waals surface area contributed by atoms with E-state index in [9.17, 15) is 14.0 Å². The van der Waals surface area contributed by atoms with Gasteiger partial charge in [-0.3, -0.25) is 19.5 Å². The molecular weight excluding hydrogens is 411 g/mol. The molecule has 2 aromatic heterocycles. The van der Waals surface area contributed by atoms with Crippen LogP contribution in [0.2, 0.25) is 0 Å². The zero-order valence-corrected chi connectivity index (χ0v) is 17.8. The van der Waals surface area contributed by atoms with Gasteiger partial charge < -0.3 is 10.6 Å². The van der Waals surface area contributed by atoms with E-state index in [1.807, 2.05) is 0 Å². The van der Waals surface area contributed by atoms with Gasteiger partial charge in [0.15, 0.2) is 0 Å². The molecule has 0 spiro atoms. The number of anilines is 2. The van der Waals surface area contributed by atoms with E-state index in [4.69, 9.17) is 0 Å². The van der Waals surface area contributed by atoms with E-state index >= 15 is 0 Å². The Hall–Kier alpha value is -3.59. The zero-order valence-electron chi connectivity index (χ0n) is 17.8. The van der Waals surface area contributed by atoms with E-state index in [1.54, 1.807) is 30.7 Å². The molecule has 1 unspecified atom stereocenters. The lowest BCUT2D eigenvalue weighted by Gasteiger charge is -2.32. The highest BCUT2D eigenvalue weighted by Gasteiger charge is 2.21. The standard InChI is InChI=1S/C23H25FN6O2/c1-16-4-2-3-11-29(16)15-22(31)27-18-5-6-20(24)21(12-18)28-23(32)17-13-26-30(14-17)19-7-9-25-10-8-19/h5-10,12-14,16H,2-4,11,15H2,1H3,(H,27,31)(H,28,32). The van der Waals surface area contributed by atoms with Gasteiger partial charge in [-0.2, -0.15) is 5.10 Å². The van der Waals surface area contributed by atoms with Crippen LogP contribution in [-0.2, 0) is 4.79 Å². The fourth-order valence-electron chi connectivity index (χ4n) is 3.75. The highest BCUT2D eigenvalue weighted by atomic mass is 19.1. The third-order valence-corrected chi connectivity index (χ3v) is 5.56. The van der Waals surface area contributed by atoms with Gasteiger partial charge in [-0.1, -0.05) is 6.42 Å². The third-order valence-electron chi connectivity index (χ3n) is 5.56. The Morgan fingerprint density at radius 1 is 1.16 bits per heavy atom. The van der Waals surface area contributed by atoms with Crippen LogP contribution >= 0.6 is 0 Å². The highest BCUT2D eigenvalue weighted by Crippen LogP contribution is 2.21. The lowest BCUT2D eigenvalue weighted by molar-refractivity contribution is -0.118. The van der Waals surface area contributed by atoms with Crippen LogP contribution in [-0.4, -0.2) is 50.6 Å². The molecule has 1 atom stereocenters. The Kier molecular flexibility index (Phi) is 6.55. The first-order valence-electron chi connectivity index (χ1n) is 10.6. The monoisotopic (exact) mass is 436 g/mol. The number of likely N-dealkylation sites (tertiary alicyclic amines) is 1. The largest absolute Gasteiger partial charge is 0.325 e. The van der Waals surface area contributed by atoms with E-state index in [1.165, 1.54) is 35.5 Å². The molecule has 9 heteroatoms. The van der Waals surface area contributed by atoms with Crippen molar-refractivity contribution in [2.24, 2.45) is 0 Å². The van der Waals surface area contributed by atoms with Gasteiger partial charge in [0.05, 0.1) is 29.7 Å². The molecule has 3 aromatic rings. The van der Waals surface area contributed by atoms with Crippen LogP contribution in [0.4, 0.5) is 15.8 Å². The molecule has 2 amide bonds. The molecule has 3 heterocycles. The van der Waals surface area contributed by atoms with E-state index in [0.717, 1.165) is 25.1 Å². The highest BCUT2D eigenvalue weighted by molar-refractivity contribution is 6.04. The summed E-state index contributed by atoms with van der Waals surface area (Å²) in [7, 11) is 0. The first-order chi connectivity index (χ1) is 15.5. The minimum atomic E-state index is -0.595. The van der Waals surface area contributed by atoms with Crippen molar-refractivity contribution in [1.82, 2.24) is 19.7 Å². The second kappa shape index (κ2) is 9.69. The van der Waals surface area contributed by atoms with Crippen LogP contribution in [0.1, 0.15) is 36.5 Å². The molecule has 0 bridgehead atoms. The quantitative estimate of drug-likeness (QED) is 0.617. The maximum absolute atomic E-state index is 14.3. The van der Waals surface area contributed by atoms with Crippen LogP contribution in [0.5, 0.6) is 0 Å². The molecule has 32 heavy (non-hydrogen) atoms. The molecule has 1 fully saturated rings. The molecule has 1 aliphatic heterocycles. The number of pyridine rings is 1. The van der Waals surface area contributed by atoms with Crippen LogP contribution in [0.15, 0.2) is 55.1 Å². The molecule has 2 N–H and O–H groups in total. The van der Waals surface area contributed by atoms with Crippen LogP contribution in [0, 0.1) is 5.82 Å². The smallest absolute Gasteiger partial charge is 0.258 e. The number of rotatable bonds is 6.